The van der Waals surface area contributed by atoms with Gasteiger partial charge in [0.05, 0.1) is 11.0 Å². The summed E-state index contributed by atoms with van der Waals surface area (Å²) < 4.78 is 13.0. The molecule has 18 heavy (non-hydrogen) atoms. The normalized spacial score (nSPS) is 10.2. The van der Waals surface area contributed by atoms with Crippen LogP contribution in [0.5, 0.6) is 0 Å². The van der Waals surface area contributed by atoms with Gasteiger partial charge in [-0.15, -0.1) is 0 Å². The van der Waals surface area contributed by atoms with Crippen LogP contribution < -0.4 is 0 Å². The molecule has 0 atom stereocenters. The molecule has 5 nitrogen and oxygen atoms in total. The number of alkyl halides is 1. The van der Waals surface area contributed by atoms with E-state index in [4.69, 9.17) is 0 Å². The zero-order valence-corrected chi connectivity index (χ0v) is 11.3. The molecular formula is C11H12BrFN2O3. The number of carbonyl (C=O) groups excluding carboxylic acids is 1. The summed E-state index contributed by atoms with van der Waals surface area (Å²) in [6.07, 6.45) is 0. The van der Waals surface area contributed by atoms with E-state index >= 15 is 0 Å². The molecule has 1 aromatic carbocycles. The van der Waals surface area contributed by atoms with Crippen LogP contribution in [0.15, 0.2) is 18.2 Å². The van der Waals surface area contributed by atoms with E-state index in [1.54, 1.807) is 6.92 Å². The summed E-state index contributed by atoms with van der Waals surface area (Å²) in [5.41, 5.74) is -0.600. The molecule has 1 aromatic rings. The van der Waals surface area contributed by atoms with Gasteiger partial charge in [-0.3, -0.25) is 14.9 Å². The number of nitro groups is 1. The van der Waals surface area contributed by atoms with Gasteiger partial charge in [-0.2, -0.15) is 0 Å². The van der Waals surface area contributed by atoms with Crippen LogP contribution in [0.2, 0.25) is 0 Å². The Morgan fingerprint density at radius 2 is 2.22 bits per heavy atom. The summed E-state index contributed by atoms with van der Waals surface area (Å²) in [6.45, 7) is 2.64. The molecule has 0 aliphatic carbocycles. The summed E-state index contributed by atoms with van der Waals surface area (Å²) in [4.78, 5) is 23.6. The van der Waals surface area contributed by atoms with Crippen LogP contribution in [0.25, 0.3) is 0 Å². The molecule has 0 spiro atoms. The van der Waals surface area contributed by atoms with E-state index in [-0.39, 0.29) is 5.56 Å². The number of nitro benzene ring substituents is 1. The van der Waals surface area contributed by atoms with Crippen molar-refractivity contribution in [1.82, 2.24) is 4.90 Å². The molecule has 0 fully saturated rings. The molecule has 0 saturated heterocycles. The monoisotopic (exact) mass is 318 g/mol. The van der Waals surface area contributed by atoms with Gasteiger partial charge in [-0.1, -0.05) is 15.9 Å². The van der Waals surface area contributed by atoms with E-state index in [0.29, 0.717) is 18.4 Å². The highest BCUT2D eigenvalue weighted by Gasteiger charge is 2.24. The molecule has 0 heterocycles. The minimum absolute atomic E-state index is 0.0933. The average molecular weight is 319 g/mol. The minimum atomic E-state index is -0.752. The van der Waals surface area contributed by atoms with E-state index in [1.807, 2.05) is 0 Å². The van der Waals surface area contributed by atoms with E-state index < -0.39 is 22.3 Å². The van der Waals surface area contributed by atoms with Crippen LogP contribution in [-0.2, 0) is 0 Å². The van der Waals surface area contributed by atoms with E-state index in [9.17, 15) is 19.3 Å². The first kappa shape index (κ1) is 14.6. The van der Waals surface area contributed by atoms with Gasteiger partial charge >= 0.3 is 0 Å². The number of nitrogens with zero attached hydrogens (tertiary/aromatic N) is 2. The lowest BCUT2D eigenvalue weighted by molar-refractivity contribution is -0.385. The minimum Gasteiger partial charge on any atom is -0.338 e. The average Bonchev–Trinajstić information content (AvgIpc) is 2.35. The van der Waals surface area contributed by atoms with Crippen molar-refractivity contribution in [2.45, 2.75) is 6.92 Å². The Balaban J connectivity index is 3.15. The topological polar surface area (TPSA) is 63.5 Å². The third-order valence-corrected chi connectivity index (χ3v) is 2.76. The van der Waals surface area contributed by atoms with Gasteiger partial charge in [0, 0.05) is 18.4 Å². The highest BCUT2D eigenvalue weighted by atomic mass is 79.9. The Kier molecular flexibility index (Phi) is 5.21. The van der Waals surface area contributed by atoms with Crippen LogP contribution >= 0.6 is 15.9 Å². The van der Waals surface area contributed by atoms with Crippen LogP contribution in [0.3, 0.4) is 0 Å². The highest BCUT2D eigenvalue weighted by molar-refractivity contribution is 9.09. The summed E-state index contributed by atoms with van der Waals surface area (Å²) in [5, 5.41) is 11.4. The fourth-order valence-electron chi connectivity index (χ4n) is 1.51. The molecule has 1 amide bonds. The van der Waals surface area contributed by atoms with E-state index in [1.165, 1.54) is 4.90 Å². The number of benzene rings is 1. The predicted molar refractivity (Wildman–Crippen MR) is 68.4 cm³/mol. The van der Waals surface area contributed by atoms with Crippen molar-refractivity contribution in [2.24, 2.45) is 0 Å². The van der Waals surface area contributed by atoms with E-state index in [2.05, 4.69) is 15.9 Å². The summed E-state index contributed by atoms with van der Waals surface area (Å²) in [5.74, 6) is -1.20. The van der Waals surface area contributed by atoms with Crippen molar-refractivity contribution in [3.05, 3.63) is 39.7 Å². The first-order chi connectivity index (χ1) is 8.51. The molecule has 0 saturated carbocycles. The molecule has 0 aliphatic heterocycles. The second-order valence-corrected chi connectivity index (χ2v) is 4.29. The Bertz CT molecular complexity index is 468. The molecular weight excluding hydrogens is 307 g/mol. The van der Waals surface area contributed by atoms with Crippen LogP contribution in [0.1, 0.15) is 17.3 Å². The van der Waals surface area contributed by atoms with Gasteiger partial charge in [0.1, 0.15) is 11.4 Å². The maximum absolute atomic E-state index is 13.0. The van der Waals surface area contributed by atoms with Gasteiger partial charge < -0.3 is 4.90 Å². The number of halogens is 2. The van der Waals surface area contributed by atoms with Crippen molar-refractivity contribution in [3.8, 4) is 0 Å². The lowest BCUT2D eigenvalue weighted by Gasteiger charge is -2.19. The van der Waals surface area contributed by atoms with Gasteiger partial charge in [0.15, 0.2) is 0 Å². The number of hydrogen-bond acceptors (Lipinski definition) is 3. The van der Waals surface area contributed by atoms with Crippen molar-refractivity contribution in [3.63, 3.8) is 0 Å². The Morgan fingerprint density at radius 1 is 1.56 bits per heavy atom. The molecule has 7 heteroatoms. The smallest absolute Gasteiger partial charge is 0.285 e. The van der Waals surface area contributed by atoms with Crippen LogP contribution in [0.4, 0.5) is 10.1 Å². The zero-order chi connectivity index (χ0) is 13.7. The van der Waals surface area contributed by atoms with Gasteiger partial charge in [-0.25, -0.2) is 4.39 Å². The number of rotatable bonds is 5. The SMILES string of the molecule is CCN(CCBr)C(=O)c1ccc(F)cc1[N+](=O)[O-]. The van der Waals surface area contributed by atoms with Crippen molar-refractivity contribution in [2.75, 3.05) is 18.4 Å². The lowest BCUT2D eigenvalue weighted by atomic mass is 10.1. The van der Waals surface area contributed by atoms with Crippen LogP contribution in [0, 0.1) is 15.9 Å². The predicted octanol–water partition coefficient (Wildman–Crippen LogP) is 2.59. The molecule has 0 N–H and O–H groups in total. The van der Waals surface area contributed by atoms with Gasteiger partial charge in [-0.05, 0) is 19.1 Å². The Hall–Kier alpha value is -1.50. The fraction of sp³-hybridized carbons (Fsp3) is 0.364. The third-order valence-electron chi connectivity index (χ3n) is 2.41. The lowest BCUT2D eigenvalue weighted by Crippen LogP contribution is -2.32. The molecule has 98 valence electrons. The fourth-order valence-corrected chi connectivity index (χ4v) is 1.94. The molecule has 0 bridgehead atoms. The maximum Gasteiger partial charge on any atom is 0.285 e. The molecule has 0 radical (unpaired) electrons. The maximum atomic E-state index is 13.0. The van der Waals surface area contributed by atoms with Crippen molar-refractivity contribution in [1.29, 1.82) is 0 Å². The standard InChI is InChI=1S/C11H12BrFN2O3/c1-2-14(6-5-12)11(16)9-4-3-8(13)7-10(9)15(17)18/h3-4,7H,2,5-6H2,1H3. The second-order valence-electron chi connectivity index (χ2n) is 3.49. The zero-order valence-electron chi connectivity index (χ0n) is 9.73. The van der Waals surface area contributed by atoms with Crippen molar-refractivity contribution < 1.29 is 14.1 Å². The first-order valence-electron chi connectivity index (χ1n) is 5.30. The summed E-state index contributed by atoms with van der Waals surface area (Å²) >= 11 is 3.20. The number of amides is 1. The first-order valence-corrected chi connectivity index (χ1v) is 6.42. The molecule has 0 aromatic heterocycles. The number of carbonyl (C=O) groups is 1. The Labute approximate surface area is 112 Å². The quantitative estimate of drug-likeness (QED) is 0.476. The van der Waals surface area contributed by atoms with Gasteiger partial charge in [0.2, 0.25) is 0 Å². The number of hydrogen-bond donors (Lipinski definition) is 0. The Morgan fingerprint density at radius 3 is 2.72 bits per heavy atom. The molecule has 0 aliphatic rings. The second kappa shape index (κ2) is 6.44. The van der Waals surface area contributed by atoms with Crippen LogP contribution in [-0.4, -0.2) is 34.2 Å². The van der Waals surface area contributed by atoms with Gasteiger partial charge in [0.25, 0.3) is 11.6 Å². The third kappa shape index (κ3) is 3.25. The highest BCUT2D eigenvalue weighted by Crippen LogP contribution is 2.21. The summed E-state index contributed by atoms with van der Waals surface area (Å²) in [7, 11) is 0. The largest absolute Gasteiger partial charge is 0.338 e. The van der Waals surface area contributed by atoms with E-state index in [0.717, 1.165) is 18.2 Å². The van der Waals surface area contributed by atoms with Crippen molar-refractivity contribution >= 4 is 27.5 Å². The summed E-state index contributed by atoms with van der Waals surface area (Å²) in [6, 6.07) is 2.95. The molecule has 0 unspecified atom stereocenters. The molecule has 1 rings (SSSR count).